The fourth-order valence-corrected chi connectivity index (χ4v) is 1.92. The van der Waals surface area contributed by atoms with E-state index in [1.54, 1.807) is 19.4 Å². The number of nitrogens with one attached hydrogen (secondary N) is 1. The molecule has 5 nitrogen and oxygen atoms in total. The Bertz CT molecular complexity index is 612. The molecule has 0 bridgehead atoms. The van der Waals surface area contributed by atoms with E-state index in [1.807, 2.05) is 42.3 Å². The normalized spacial score (nSPS) is 10.1. The number of nitrogens with zero attached hydrogens (tertiary/aromatic N) is 2. The molecule has 0 aliphatic carbocycles. The van der Waals surface area contributed by atoms with E-state index in [0.717, 1.165) is 17.1 Å². The van der Waals surface area contributed by atoms with Crippen molar-refractivity contribution in [2.45, 2.75) is 6.54 Å². The largest absolute Gasteiger partial charge is 0.497 e. The molecule has 0 saturated carbocycles. The van der Waals surface area contributed by atoms with E-state index >= 15 is 0 Å². The number of aromatic nitrogens is 1. The molecule has 0 radical (unpaired) electrons. The van der Waals surface area contributed by atoms with Crippen LogP contribution in [0.1, 0.15) is 11.1 Å². The summed E-state index contributed by atoms with van der Waals surface area (Å²) in [7, 11) is 3.60. The van der Waals surface area contributed by atoms with Gasteiger partial charge in [0.25, 0.3) is 0 Å². The second-order valence-corrected chi connectivity index (χ2v) is 4.52. The number of nitrogen functional groups attached to an aromatic ring is 1. The van der Waals surface area contributed by atoms with Crippen LogP contribution in [0.2, 0.25) is 0 Å². The third-order valence-corrected chi connectivity index (χ3v) is 3.00. The zero-order chi connectivity index (χ0) is 14.5. The van der Waals surface area contributed by atoms with E-state index in [0.29, 0.717) is 12.1 Å². The molecule has 0 atom stereocenters. The predicted molar refractivity (Wildman–Crippen MR) is 80.4 cm³/mol. The number of amidine groups is 1. The first-order valence-corrected chi connectivity index (χ1v) is 6.24. The molecular formula is C15H18N4O. The van der Waals surface area contributed by atoms with Crippen molar-refractivity contribution in [3.05, 3.63) is 53.7 Å². The topological polar surface area (TPSA) is 75.2 Å². The Kier molecular flexibility index (Phi) is 4.20. The van der Waals surface area contributed by atoms with Crippen molar-refractivity contribution in [3.8, 4) is 5.75 Å². The number of nitrogens with two attached hydrogens (primary N) is 1. The number of hydrogen-bond donors (Lipinski definition) is 2. The van der Waals surface area contributed by atoms with Crippen molar-refractivity contribution in [2.75, 3.05) is 19.1 Å². The monoisotopic (exact) mass is 270 g/mol. The smallest absolute Gasteiger partial charge is 0.129 e. The maximum Gasteiger partial charge on any atom is 0.129 e. The van der Waals surface area contributed by atoms with Crippen LogP contribution in [0.4, 0.5) is 5.82 Å². The minimum atomic E-state index is 0.0448. The van der Waals surface area contributed by atoms with Crippen LogP contribution in [-0.2, 0) is 6.54 Å². The van der Waals surface area contributed by atoms with Crippen molar-refractivity contribution in [1.29, 1.82) is 5.41 Å². The summed E-state index contributed by atoms with van der Waals surface area (Å²) in [4.78, 5) is 6.30. The Morgan fingerprint density at radius 3 is 2.85 bits per heavy atom. The van der Waals surface area contributed by atoms with Gasteiger partial charge in [-0.15, -0.1) is 0 Å². The molecule has 5 heteroatoms. The molecule has 2 rings (SSSR count). The summed E-state index contributed by atoms with van der Waals surface area (Å²) < 4.78 is 5.21. The lowest BCUT2D eigenvalue weighted by Crippen LogP contribution is -2.19. The summed E-state index contributed by atoms with van der Waals surface area (Å²) in [5.74, 6) is 1.66. The second kappa shape index (κ2) is 6.06. The number of methoxy groups -OCH3 is 1. The number of hydrogen-bond acceptors (Lipinski definition) is 4. The Morgan fingerprint density at radius 1 is 1.35 bits per heavy atom. The van der Waals surface area contributed by atoms with Crippen LogP contribution in [0.25, 0.3) is 0 Å². The summed E-state index contributed by atoms with van der Waals surface area (Å²) in [6.45, 7) is 0.700. The van der Waals surface area contributed by atoms with Crippen molar-refractivity contribution in [2.24, 2.45) is 5.73 Å². The minimum absolute atomic E-state index is 0.0448. The van der Waals surface area contributed by atoms with Gasteiger partial charge in [0.05, 0.1) is 7.11 Å². The van der Waals surface area contributed by atoms with E-state index in [1.165, 1.54) is 0 Å². The average molecular weight is 270 g/mol. The molecule has 0 saturated heterocycles. The first kappa shape index (κ1) is 13.9. The molecular weight excluding hydrogens is 252 g/mol. The van der Waals surface area contributed by atoms with Crippen LogP contribution in [-0.4, -0.2) is 25.0 Å². The molecule has 0 aliphatic rings. The van der Waals surface area contributed by atoms with E-state index in [-0.39, 0.29) is 5.84 Å². The fourth-order valence-electron chi connectivity index (χ4n) is 1.92. The van der Waals surface area contributed by atoms with Crippen LogP contribution in [0, 0.1) is 5.41 Å². The molecule has 0 spiro atoms. The molecule has 0 unspecified atom stereocenters. The number of benzene rings is 1. The summed E-state index contributed by atoms with van der Waals surface area (Å²) in [5.41, 5.74) is 7.29. The van der Waals surface area contributed by atoms with Crippen LogP contribution < -0.4 is 15.4 Å². The van der Waals surface area contributed by atoms with Gasteiger partial charge in [-0.1, -0.05) is 12.1 Å². The minimum Gasteiger partial charge on any atom is -0.497 e. The molecule has 0 amide bonds. The van der Waals surface area contributed by atoms with Gasteiger partial charge in [-0.3, -0.25) is 5.41 Å². The SMILES string of the molecule is COc1cccc(CN(C)c2cc(C(=N)N)ccn2)c1. The van der Waals surface area contributed by atoms with E-state index < -0.39 is 0 Å². The number of anilines is 1. The van der Waals surface area contributed by atoms with E-state index in [2.05, 4.69) is 4.98 Å². The highest BCUT2D eigenvalue weighted by Gasteiger charge is 2.06. The Balaban J connectivity index is 2.16. The first-order valence-electron chi connectivity index (χ1n) is 6.24. The molecule has 1 heterocycles. The third-order valence-electron chi connectivity index (χ3n) is 3.00. The lowest BCUT2D eigenvalue weighted by atomic mass is 10.2. The van der Waals surface area contributed by atoms with Gasteiger partial charge in [0.15, 0.2) is 0 Å². The van der Waals surface area contributed by atoms with Crippen LogP contribution in [0.15, 0.2) is 42.6 Å². The van der Waals surface area contributed by atoms with Gasteiger partial charge in [0, 0.05) is 25.4 Å². The van der Waals surface area contributed by atoms with Crippen LogP contribution in [0.5, 0.6) is 5.75 Å². The number of ether oxygens (including phenoxy) is 1. The highest BCUT2D eigenvalue weighted by molar-refractivity contribution is 5.95. The highest BCUT2D eigenvalue weighted by Crippen LogP contribution is 2.17. The molecule has 20 heavy (non-hydrogen) atoms. The Morgan fingerprint density at radius 2 is 2.15 bits per heavy atom. The summed E-state index contributed by atoms with van der Waals surface area (Å²) >= 11 is 0. The predicted octanol–water partition coefficient (Wildman–Crippen LogP) is 2.01. The van der Waals surface area contributed by atoms with Crippen LogP contribution in [0.3, 0.4) is 0 Å². The summed E-state index contributed by atoms with van der Waals surface area (Å²) in [6, 6.07) is 11.4. The second-order valence-electron chi connectivity index (χ2n) is 4.52. The molecule has 0 aliphatic heterocycles. The molecule has 104 valence electrons. The zero-order valence-corrected chi connectivity index (χ0v) is 11.6. The molecule has 3 N–H and O–H groups in total. The molecule has 0 fully saturated rings. The summed E-state index contributed by atoms with van der Waals surface area (Å²) in [6.07, 6.45) is 1.66. The lowest BCUT2D eigenvalue weighted by molar-refractivity contribution is 0.414. The van der Waals surface area contributed by atoms with E-state index in [4.69, 9.17) is 15.9 Å². The first-order chi connectivity index (χ1) is 9.60. The lowest BCUT2D eigenvalue weighted by Gasteiger charge is -2.19. The highest BCUT2D eigenvalue weighted by atomic mass is 16.5. The summed E-state index contributed by atoms with van der Waals surface area (Å²) in [5, 5.41) is 7.46. The standard InChI is InChI=1S/C15H18N4O/c1-19(10-11-4-3-5-13(8-11)20-2)14-9-12(15(16)17)6-7-18-14/h3-9H,10H2,1-2H3,(H3,16,17). The van der Waals surface area contributed by atoms with Gasteiger partial charge in [0.1, 0.15) is 17.4 Å². The van der Waals surface area contributed by atoms with Gasteiger partial charge < -0.3 is 15.4 Å². The third kappa shape index (κ3) is 3.26. The van der Waals surface area contributed by atoms with Gasteiger partial charge in [-0.05, 0) is 29.8 Å². The number of rotatable bonds is 5. The van der Waals surface area contributed by atoms with Gasteiger partial charge >= 0.3 is 0 Å². The average Bonchev–Trinajstić information content (AvgIpc) is 2.47. The Hall–Kier alpha value is -2.56. The van der Waals surface area contributed by atoms with Gasteiger partial charge in [-0.2, -0.15) is 0 Å². The van der Waals surface area contributed by atoms with Crippen molar-refractivity contribution >= 4 is 11.7 Å². The molecule has 1 aromatic carbocycles. The number of pyridine rings is 1. The maximum absolute atomic E-state index is 7.46. The van der Waals surface area contributed by atoms with Crippen molar-refractivity contribution in [3.63, 3.8) is 0 Å². The maximum atomic E-state index is 7.46. The molecule has 2 aromatic rings. The van der Waals surface area contributed by atoms with E-state index in [9.17, 15) is 0 Å². The van der Waals surface area contributed by atoms with Gasteiger partial charge in [0.2, 0.25) is 0 Å². The van der Waals surface area contributed by atoms with Crippen LogP contribution >= 0.6 is 0 Å². The molecule has 1 aromatic heterocycles. The quantitative estimate of drug-likeness (QED) is 0.643. The fraction of sp³-hybridized carbons (Fsp3) is 0.200. The zero-order valence-electron chi connectivity index (χ0n) is 11.6. The van der Waals surface area contributed by atoms with Crippen molar-refractivity contribution in [1.82, 2.24) is 4.98 Å². The Labute approximate surface area is 118 Å². The van der Waals surface area contributed by atoms with Crippen molar-refractivity contribution < 1.29 is 4.74 Å². The van der Waals surface area contributed by atoms with Gasteiger partial charge in [-0.25, -0.2) is 4.98 Å².